The molecule has 2 saturated heterocycles. The third-order valence-electron chi connectivity index (χ3n) is 7.54. The summed E-state index contributed by atoms with van der Waals surface area (Å²) in [4.78, 5) is 36.1. The number of pyridine rings is 1. The molecular weight excluding hydrogens is 445 g/mol. The number of aromatic nitrogens is 1. The van der Waals surface area contributed by atoms with Crippen molar-refractivity contribution >= 4 is 17.6 Å². The van der Waals surface area contributed by atoms with Crippen LogP contribution in [-0.4, -0.2) is 65.9 Å². The van der Waals surface area contributed by atoms with Gasteiger partial charge in [-0.25, -0.2) is 4.98 Å². The van der Waals surface area contributed by atoms with Gasteiger partial charge in [0.2, 0.25) is 5.91 Å². The fraction of sp³-hybridized carbons (Fsp3) is 0.480. The molecule has 0 unspecified atom stereocenters. The SMILES string of the molecule is O=C(c1cccc(C(F)(F)F)c1)N1CCC2(CC1)C[C@H]2C(=O)N1CCN(c2ccccn2)CC1. The van der Waals surface area contributed by atoms with E-state index < -0.39 is 11.7 Å². The summed E-state index contributed by atoms with van der Waals surface area (Å²) < 4.78 is 39.0. The van der Waals surface area contributed by atoms with Gasteiger partial charge in [-0.15, -0.1) is 0 Å². The van der Waals surface area contributed by atoms with Gasteiger partial charge in [-0.3, -0.25) is 9.59 Å². The van der Waals surface area contributed by atoms with Gasteiger partial charge in [0, 0.05) is 56.9 Å². The zero-order valence-corrected chi connectivity index (χ0v) is 18.8. The number of hydrogen-bond acceptors (Lipinski definition) is 4. The highest BCUT2D eigenvalue weighted by Gasteiger charge is 2.59. The van der Waals surface area contributed by atoms with Crippen LogP contribution in [0.5, 0.6) is 0 Å². The van der Waals surface area contributed by atoms with Crippen molar-refractivity contribution in [3.63, 3.8) is 0 Å². The quantitative estimate of drug-likeness (QED) is 0.684. The van der Waals surface area contributed by atoms with Gasteiger partial charge in [-0.1, -0.05) is 12.1 Å². The van der Waals surface area contributed by atoms with Crippen LogP contribution < -0.4 is 4.90 Å². The number of piperidine rings is 1. The molecule has 9 heteroatoms. The molecule has 1 aromatic carbocycles. The molecule has 34 heavy (non-hydrogen) atoms. The number of rotatable bonds is 3. The van der Waals surface area contributed by atoms with Crippen LogP contribution in [0.2, 0.25) is 0 Å². The summed E-state index contributed by atoms with van der Waals surface area (Å²) in [5, 5.41) is 0. The van der Waals surface area contributed by atoms with E-state index >= 15 is 0 Å². The Bertz CT molecular complexity index is 1060. The maximum absolute atomic E-state index is 13.2. The lowest BCUT2D eigenvalue weighted by atomic mass is 9.90. The molecule has 2 aromatic rings. The Morgan fingerprint density at radius 3 is 2.29 bits per heavy atom. The molecule has 2 aliphatic heterocycles. The number of benzene rings is 1. The van der Waals surface area contributed by atoms with Gasteiger partial charge in [0.15, 0.2) is 0 Å². The minimum atomic E-state index is -4.48. The largest absolute Gasteiger partial charge is 0.416 e. The summed E-state index contributed by atoms with van der Waals surface area (Å²) in [5.74, 6) is 0.725. The van der Waals surface area contributed by atoms with E-state index in [1.54, 1.807) is 11.1 Å². The van der Waals surface area contributed by atoms with Crippen molar-refractivity contribution in [2.24, 2.45) is 11.3 Å². The minimum Gasteiger partial charge on any atom is -0.353 e. The normalized spacial score (nSPS) is 22.1. The van der Waals surface area contributed by atoms with Gasteiger partial charge in [0.05, 0.1) is 5.56 Å². The van der Waals surface area contributed by atoms with E-state index in [1.165, 1.54) is 12.1 Å². The topological polar surface area (TPSA) is 56.8 Å². The molecule has 1 aromatic heterocycles. The Balaban J connectivity index is 1.14. The average Bonchev–Trinajstić information content (AvgIpc) is 3.56. The Morgan fingerprint density at radius 1 is 0.912 bits per heavy atom. The molecule has 1 saturated carbocycles. The first-order valence-corrected chi connectivity index (χ1v) is 11.7. The molecule has 3 heterocycles. The van der Waals surface area contributed by atoms with Crippen molar-refractivity contribution in [3.05, 3.63) is 59.8 Å². The third kappa shape index (κ3) is 4.35. The predicted octanol–water partition coefficient (Wildman–Crippen LogP) is 3.69. The average molecular weight is 473 g/mol. The number of amides is 2. The molecule has 5 rings (SSSR count). The fourth-order valence-electron chi connectivity index (χ4n) is 5.33. The Morgan fingerprint density at radius 2 is 1.65 bits per heavy atom. The molecular formula is C25H27F3N4O2. The van der Waals surface area contributed by atoms with Crippen molar-refractivity contribution in [3.8, 4) is 0 Å². The maximum Gasteiger partial charge on any atom is 0.416 e. The number of likely N-dealkylation sites (tertiary alicyclic amines) is 1. The van der Waals surface area contributed by atoms with Crippen LogP contribution in [-0.2, 0) is 11.0 Å². The lowest BCUT2D eigenvalue weighted by Gasteiger charge is -2.37. The molecule has 0 bridgehead atoms. The van der Waals surface area contributed by atoms with Crippen LogP contribution in [0.25, 0.3) is 0 Å². The maximum atomic E-state index is 13.2. The molecule has 3 fully saturated rings. The summed E-state index contributed by atoms with van der Waals surface area (Å²) in [6, 6.07) is 10.4. The molecule has 6 nitrogen and oxygen atoms in total. The van der Waals surface area contributed by atoms with Crippen LogP contribution in [0, 0.1) is 11.3 Å². The number of halogens is 3. The highest BCUT2D eigenvalue weighted by molar-refractivity contribution is 5.94. The number of carbonyl (C=O) groups excluding carboxylic acids is 2. The number of anilines is 1. The summed E-state index contributed by atoms with van der Waals surface area (Å²) in [6.07, 6.45) is -0.459. The second kappa shape index (κ2) is 8.60. The first kappa shape index (κ1) is 22.7. The van der Waals surface area contributed by atoms with Crippen molar-refractivity contribution in [1.29, 1.82) is 0 Å². The number of nitrogens with zero attached hydrogens (tertiary/aromatic N) is 4. The first-order valence-electron chi connectivity index (χ1n) is 11.7. The second-order valence-electron chi connectivity index (χ2n) is 9.49. The van der Waals surface area contributed by atoms with Crippen LogP contribution in [0.1, 0.15) is 35.2 Å². The molecule has 1 spiro atoms. The standard InChI is InChI=1S/C25H27F3N4O2/c26-25(27,28)19-5-3-4-18(16-19)22(33)31-10-7-24(8-11-31)17-20(24)23(34)32-14-12-30(13-15-32)21-6-1-2-9-29-21/h1-6,9,16,20H,7-8,10-15,17H2/t20-/m0/s1. The van der Waals surface area contributed by atoms with E-state index in [4.69, 9.17) is 0 Å². The summed E-state index contributed by atoms with van der Waals surface area (Å²) in [5.41, 5.74) is -0.831. The van der Waals surface area contributed by atoms with Gasteiger partial charge >= 0.3 is 6.18 Å². The Kier molecular flexibility index (Phi) is 5.73. The van der Waals surface area contributed by atoms with E-state index in [0.29, 0.717) is 39.0 Å². The van der Waals surface area contributed by atoms with Gasteiger partial charge < -0.3 is 14.7 Å². The van der Waals surface area contributed by atoms with Crippen LogP contribution in [0.15, 0.2) is 48.7 Å². The Labute approximate surface area is 196 Å². The molecule has 1 atom stereocenters. The number of carbonyl (C=O) groups is 2. The molecule has 0 radical (unpaired) electrons. The fourth-order valence-corrected chi connectivity index (χ4v) is 5.33. The summed E-state index contributed by atoms with van der Waals surface area (Å²) in [6.45, 7) is 3.77. The number of piperazine rings is 1. The van der Waals surface area contributed by atoms with Crippen LogP contribution in [0.3, 0.4) is 0 Å². The van der Waals surface area contributed by atoms with E-state index in [1.807, 2.05) is 23.1 Å². The zero-order valence-electron chi connectivity index (χ0n) is 18.8. The number of hydrogen-bond donors (Lipinski definition) is 0. The van der Waals surface area contributed by atoms with Crippen molar-refractivity contribution in [2.45, 2.75) is 25.4 Å². The van der Waals surface area contributed by atoms with Gasteiger partial charge in [-0.2, -0.15) is 13.2 Å². The van der Waals surface area contributed by atoms with E-state index in [-0.39, 0.29) is 28.7 Å². The molecule has 3 aliphatic rings. The van der Waals surface area contributed by atoms with Crippen molar-refractivity contribution in [2.75, 3.05) is 44.2 Å². The van der Waals surface area contributed by atoms with E-state index in [9.17, 15) is 22.8 Å². The first-order chi connectivity index (χ1) is 16.3. The van der Waals surface area contributed by atoms with Gasteiger partial charge in [0.25, 0.3) is 5.91 Å². The highest BCUT2D eigenvalue weighted by Crippen LogP contribution is 2.60. The van der Waals surface area contributed by atoms with Gasteiger partial charge in [0.1, 0.15) is 5.82 Å². The molecule has 0 N–H and O–H groups in total. The second-order valence-corrected chi connectivity index (χ2v) is 9.49. The van der Waals surface area contributed by atoms with E-state index in [2.05, 4.69) is 9.88 Å². The minimum absolute atomic E-state index is 0.0142. The lowest BCUT2D eigenvalue weighted by molar-refractivity contribution is -0.137. The van der Waals surface area contributed by atoms with Crippen molar-refractivity contribution < 1.29 is 22.8 Å². The molecule has 1 aliphatic carbocycles. The summed E-state index contributed by atoms with van der Waals surface area (Å²) in [7, 11) is 0. The molecule has 180 valence electrons. The van der Waals surface area contributed by atoms with E-state index in [0.717, 1.165) is 37.5 Å². The van der Waals surface area contributed by atoms with Crippen LogP contribution >= 0.6 is 0 Å². The zero-order chi connectivity index (χ0) is 23.9. The van der Waals surface area contributed by atoms with Gasteiger partial charge in [-0.05, 0) is 55.0 Å². The van der Waals surface area contributed by atoms with Crippen molar-refractivity contribution in [1.82, 2.24) is 14.8 Å². The third-order valence-corrected chi connectivity index (χ3v) is 7.54. The highest BCUT2D eigenvalue weighted by atomic mass is 19.4. The molecule has 2 amide bonds. The Hall–Kier alpha value is -3.10. The lowest BCUT2D eigenvalue weighted by Crippen LogP contribution is -2.50. The summed E-state index contributed by atoms with van der Waals surface area (Å²) >= 11 is 0. The predicted molar refractivity (Wildman–Crippen MR) is 120 cm³/mol. The monoisotopic (exact) mass is 472 g/mol. The smallest absolute Gasteiger partial charge is 0.353 e. The number of alkyl halides is 3. The van der Waals surface area contributed by atoms with Crippen LogP contribution in [0.4, 0.5) is 19.0 Å².